The molecule has 102 valence electrons. The fourth-order valence-electron chi connectivity index (χ4n) is 2.52. The Labute approximate surface area is 118 Å². The number of fused-ring (bicyclic) bond motifs is 1. The third-order valence-corrected chi connectivity index (χ3v) is 3.63. The Morgan fingerprint density at radius 3 is 2.95 bits per heavy atom. The number of para-hydroxylation sites is 1. The fourth-order valence-corrected chi connectivity index (χ4v) is 2.52. The Morgan fingerprint density at radius 2 is 2.10 bits per heavy atom. The second-order valence-electron chi connectivity index (χ2n) is 4.94. The average Bonchev–Trinajstić information content (AvgIpc) is 2.62. The van der Waals surface area contributed by atoms with Crippen LogP contribution in [-0.2, 0) is 6.54 Å². The number of carbonyl (C=O) groups excluding carboxylic acids is 1. The van der Waals surface area contributed by atoms with E-state index in [1.807, 2.05) is 37.3 Å². The molecule has 0 saturated heterocycles. The van der Waals surface area contributed by atoms with Crippen LogP contribution in [0.4, 0.5) is 5.69 Å². The SMILES string of the molecule is Cc1ncccc1CN1CCNC(=O)c2ccccc21. The number of aromatic nitrogens is 1. The quantitative estimate of drug-likeness (QED) is 0.906. The minimum absolute atomic E-state index is 0.00556. The summed E-state index contributed by atoms with van der Waals surface area (Å²) >= 11 is 0. The van der Waals surface area contributed by atoms with Crippen molar-refractivity contribution in [2.45, 2.75) is 13.5 Å². The molecule has 1 amide bonds. The van der Waals surface area contributed by atoms with Gasteiger partial charge in [0.2, 0.25) is 0 Å². The van der Waals surface area contributed by atoms with Crippen LogP contribution in [0.5, 0.6) is 0 Å². The summed E-state index contributed by atoms with van der Waals surface area (Å²) in [7, 11) is 0. The number of hydrogen-bond donors (Lipinski definition) is 1. The molecule has 0 saturated carbocycles. The number of aryl methyl sites for hydroxylation is 1. The molecular formula is C16H17N3O. The standard InChI is InChI=1S/C16H17N3O/c1-12-13(5-4-8-17-12)11-19-10-9-18-16(20)14-6-2-3-7-15(14)19/h2-8H,9-11H2,1H3,(H,18,20). The second kappa shape index (κ2) is 5.33. The molecule has 0 aliphatic carbocycles. The largest absolute Gasteiger partial charge is 0.365 e. The van der Waals surface area contributed by atoms with Crippen molar-refractivity contribution in [3.8, 4) is 0 Å². The van der Waals surface area contributed by atoms with E-state index in [0.29, 0.717) is 6.54 Å². The Balaban J connectivity index is 1.96. The van der Waals surface area contributed by atoms with Crippen molar-refractivity contribution >= 4 is 11.6 Å². The number of nitrogens with one attached hydrogen (secondary N) is 1. The van der Waals surface area contributed by atoms with Crippen molar-refractivity contribution in [1.82, 2.24) is 10.3 Å². The number of hydrogen-bond acceptors (Lipinski definition) is 3. The highest BCUT2D eigenvalue weighted by atomic mass is 16.1. The first-order chi connectivity index (χ1) is 9.75. The van der Waals surface area contributed by atoms with E-state index in [2.05, 4.69) is 21.3 Å². The zero-order valence-electron chi connectivity index (χ0n) is 11.5. The third-order valence-electron chi connectivity index (χ3n) is 3.63. The number of pyridine rings is 1. The summed E-state index contributed by atoms with van der Waals surface area (Å²) < 4.78 is 0. The summed E-state index contributed by atoms with van der Waals surface area (Å²) in [4.78, 5) is 18.6. The number of amides is 1. The van der Waals surface area contributed by atoms with E-state index < -0.39 is 0 Å². The normalized spacial score (nSPS) is 14.4. The Hall–Kier alpha value is -2.36. The molecule has 3 rings (SSSR count). The van der Waals surface area contributed by atoms with Crippen LogP contribution in [0.3, 0.4) is 0 Å². The molecule has 20 heavy (non-hydrogen) atoms. The van der Waals surface area contributed by atoms with Gasteiger partial charge in [-0.15, -0.1) is 0 Å². The summed E-state index contributed by atoms with van der Waals surface area (Å²) in [6, 6.07) is 11.8. The molecule has 4 heteroatoms. The predicted octanol–water partition coefficient (Wildman–Crippen LogP) is 2.14. The van der Waals surface area contributed by atoms with Crippen LogP contribution in [0.25, 0.3) is 0 Å². The lowest BCUT2D eigenvalue weighted by molar-refractivity contribution is 0.0958. The van der Waals surface area contributed by atoms with Crippen molar-refractivity contribution in [3.05, 3.63) is 59.4 Å². The van der Waals surface area contributed by atoms with Crippen molar-refractivity contribution in [2.75, 3.05) is 18.0 Å². The molecule has 2 heterocycles. The first-order valence-corrected chi connectivity index (χ1v) is 6.78. The molecule has 0 spiro atoms. The molecule has 1 N–H and O–H groups in total. The van der Waals surface area contributed by atoms with E-state index in [1.54, 1.807) is 6.20 Å². The van der Waals surface area contributed by atoms with Crippen molar-refractivity contribution in [1.29, 1.82) is 0 Å². The van der Waals surface area contributed by atoms with Crippen molar-refractivity contribution in [3.63, 3.8) is 0 Å². The Bertz CT molecular complexity index is 639. The van der Waals surface area contributed by atoms with Crippen molar-refractivity contribution < 1.29 is 4.79 Å². The molecule has 0 fully saturated rings. The maximum atomic E-state index is 12.0. The molecule has 1 aliphatic heterocycles. The molecule has 1 aromatic heterocycles. The second-order valence-corrected chi connectivity index (χ2v) is 4.94. The highest BCUT2D eigenvalue weighted by Crippen LogP contribution is 2.24. The van der Waals surface area contributed by atoms with Gasteiger partial charge in [-0.2, -0.15) is 0 Å². The van der Waals surface area contributed by atoms with E-state index in [-0.39, 0.29) is 5.91 Å². The predicted molar refractivity (Wildman–Crippen MR) is 78.8 cm³/mol. The fraction of sp³-hybridized carbons (Fsp3) is 0.250. The number of benzene rings is 1. The van der Waals surface area contributed by atoms with Crippen LogP contribution in [-0.4, -0.2) is 24.0 Å². The van der Waals surface area contributed by atoms with Crippen LogP contribution in [0, 0.1) is 6.92 Å². The van der Waals surface area contributed by atoms with Gasteiger partial charge >= 0.3 is 0 Å². The lowest BCUT2D eigenvalue weighted by atomic mass is 10.1. The monoisotopic (exact) mass is 267 g/mol. The number of carbonyl (C=O) groups is 1. The first kappa shape index (κ1) is 12.7. The summed E-state index contributed by atoms with van der Waals surface area (Å²) in [5.74, 6) is 0.00556. The van der Waals surface area contributed by atoms with E-state index in [4.69, 9.17) is 0 Å². The first-order valence-electron chi connectivity index (χ1n) is 6.78. The summed E-state index contributed by atoms with van der Waals surface area (Å²) in [6.07, 6.45) is 1.81. The zero-order chi connectivity index (χ0) is 13.9. The topological polar surface area (TPSA) is 45.2 Å². The van der Waals surface area contributed by atoms with Crippen LogP contribution in [0.1, 0.15) is 21.6 Å². The minimum Gasteiger partial charge on any atom is -0.365 e. The highest BCUT2D eigenvalue weighted by Gasteiger charge is 2.20. The lowest BCUT2D eigenvalue weighted by Gasteiger charge is -2.24. The van der Waals surface area contributed by atoms with Gasteiger partial charge in [0.15, 0.2) is 0 Å². The van der Waals surface area contributed by atoms with Crippen LogP contribution >= 0.6 is 0 Å². The van der Waals surface area contributed by atoms with Crippen LogP contribution < -0.4 is 10.2 Å². The van der Waals surface area contributed by atoms with Gasteiger partial charge in [-0.25, -0.2) is 0 Å². The Kier molecular flexibility index (Phi) is 3.37. The van der Waals surface area contributed by atoms with Gasteiger partial charge < -0.3 is 10.2 Å². The van der Waals surface area contributed by atoms with Gasteiger partial charge in [-0.05, 0) is 30.7 Å². The maximum absolute atomic E-state index is 12.0. The van der Waals surface area contributed by atoms with Crippen molar-refractivity contribution in [2.24, 2.45) is 0 Å². The van der Waals surface area contributed by atoms with Gasteiger partial charge in [0, 0.05) is 37.2 Å². The summed E-state index contributed by atoms with van der Waals surface area (Å²) in [6.45, 7) is 4.25. The number of nitrogens with zero attached hydrogens (tertiary/aromatic N) is 2. The molecule has 0 bridgehead atoms. The smallest absolute Gasteiger partial charge is 0.253 e. The van der Waals surface area contributed by atoms with E-state index in [1.165, 1.54) is 5.56 Å². The molecule has 1 aliphatic rings. The highest BCUT2D eigenvalue weighted by molar-refractivity contribution is 6.00. The van der Waals surface area contributed by atoms with E-state index >= 15 is 0 Å². The lowest BCUT2D eigenvalue weighted by Crippen LogP contribution is -2.29. The van der Waals surface area contributed by atoms with Crippen LogP contribution in [0.15, 0.2) is 42.6 Å². The molecule has 4 nitrogen and oxygen atoms in total. The molecule has 0 atom stereocenters. The summed E-state index contributed by atoms with van der Waals surface area (Å²) in [5.41, 5.74) is 3.96. The van der Waals surface area contributed by atoms with Gasteiger partial charge in [0.25, 0.3) is 5.91 Å². The third kappa shape index (κ3) is 2.37. The van der Waals surface area contributed by atoms with Gasteiger partial charge in [0.05, 0.1) is 5.56 Å². The van der Waals surface area contributed by atoms with Gasteiger partial charge in [-0.3, -0.25) is 9.78 Å². The summed E-state index contributed by atoms with van der Waals surface area (Å²) in [5, 5.41) is 2.93. The average molecular weight is 267 g/mol. The Morgan fingerprint density at radius 1 is 1.25 bits per heavy atom. The number of anilines is 1. The van der Waals surface area contributed by atoms with E-state index in [9.17, 15) is 4.79 Å². The van der Waals surface area contributed by atoms with Gasteiger partial charge in [0.1, 0.15) is 0 Å². The van der Waals surface area contributed by atoms with Crippen LogP contribution in [0.2, 0.25) is 0 Å². The van der Waals surface area contributed by atoms with E-state index in [0.717, 1.165) is 30.0 Å². The molecule has 0 unspecified atom stereocenters. The molecule has 0 radical (unpaired) electrons. The molecule has 2 aromatic rings. The zero-order valence-corrected chi connectivity index (χ0v) is 11.5. The molecule has 1 aromatic carbocycles. The minimum atomic E-state index is 0.00556. The van der Waals surface area contributed by atoms with Gasteiger partial charge in [-0.1, -0.05) is 18.2 Å². The molecular weight excluding hydrogens is 250 g/mol. The maximum Gasteiger partial charge on any atom is 0.253 e. The number of rotatable bonds is 2.